The highest BCUT2D eigenvalue weighted by molar-refractivity contribution is 5.52. The molecule has 0 bridgehead atoms. The maximum Gasteiger partial charge on any atom is 0.127 e. The van der Waals surface area contributed by atoms with Crippen LogP contribution in [0.1, 0.15) is 33.9 Å². The normalized spacial score (nSPS) is 17.4. The van der Waals surface area contributed by atoms with Crippen LogP contribution in [0.25, 0.3) is 0 Å². The molecule has 3 heteroatoms. The highest BCUT2D eigenvalue weighted by Gasteiger charge is 2.25. The van der Waals surface area contributed by atoms with Crippen LogP contribution in [-0.4, -0.2) is 18.8 Å². The highest BCUT2D eigenvalue weighted by Crippen LogP contribution is 2.37. The minimum Gasteiger partial charge on any atom is -0.508 e. The number of hydrogen-bond acceptors (Lipinski definition) is 3. The molecule has 3 nitrogen and oxygen atoms in total. The molecule has 0 fully saturated rings. The predicted molar refractivity (Wildman–Crippen MR) is 84.1 cm³/mol. The molecule has 0 spiro atoms. The van der Waals surface area contributed by atoms with Crippen molar-refractivity contribution in [3.8, 4) is 11.5 Å². The van der Waals surface area contributed by atoms with Gasteiger partial charge in [0.05, 0.1) is 13.2 Å². The van der Waals surface area contributed by atoms with Crippen LogP contribution in [0.2, 0.25) is 0 Å². The SMILES string of the molecule is COc1c(C2NCCc3ccc(O)cc32)ccc(C)c1C. The summed E-state index contributed by atoms with van der Waals surface area (Å²) in [5, 5.41) is 13.4. The highest BCUT2D eigenvalue weighted by atomic mass is 16.5. The zero-order chi connectivity index (χ0) is 15.0. The van der Waals surface area contributed by atoms with Crippen molar-refractivity contribution in [1.82, 2.24) is 5.32 Å². The molecule has 2 aromatic carbocycles. The number of ether oxygens (including phenoxy) is 1. The van der Waals surface area contributed by atoms with Gasteiger partial charge in [0.15, 0.2) is 0 Å². The van der Waals surface area contributed by atoms with Crippen molar-refractivity contribution in [2.75, 3.05) is 13.7 Å². The Morgan fingerprint density at radius 2 is 1.95 bits per heavy atom. The molecule has 21 heavy (non-hydrogen) atoms. The van der Waals surface area contributed by atoms with Gasteiger partial charge in [0.2, 0.25) is 0 Å². The maximum atomic E-state index is 9.82. The Morgan fingerprint density at radius 1 is 1.14 bits per heavy atom. The summed E-state index contributed by atoms with van der Waals surface area (Å²) in [5.74, 6) is 1.24. The Labute approximate surface area is 125 Å². The predicted octanol–water partition coefficient (Wildman–Crippen LogP) is 3.25. The van der Waals surface area contributed by atoms with Crippen LogP contribution in [0.5, 0.6) is 11.5 Å². The molecule has 1 unspecified atom stereocenters. The molecule has 1 heterocycles. The number of methoxy groups -OCH3 is 1. The molecular formula is C18H21NO2. The van der Waals surface area contributed by atoms with Crippen molar-refractivity contribution in [2.24, 2.45) is 0 Å². The third-order valence-electron chi connectivity index (χ3n) is 4.41. The van der Waals surface area contributed by atoms with Gasteiger partial charge in [0, 0.05) is 12.1 Å². The summed E-state index contributed by atoms with van der Waals surface area (Å²) < 4.78 is 5.65. The van der Waals surface area contributed by atoms with E-state index in [1.807, 2.05) is 12.1 Å². The summed E-state index contributed by atoms with van der Waals surface area (Å²) in [7, 11) is 1.72. The van der Waals surface area contributed by atoms with Crippen molar-refractivity contribution >= 4 is 0 Å². The van der Waals surface area contributed by atoms with Crippen LogP contribution in [0.4, 0.5) is 0 Å². The smallest absolute Gasteiger partial charge is 0.127 e. The van der Waals surface area contributed by atoms with E-state index in [-0.39, 0.29) is 6.04 Å². The number of fused-ring (bicyclic) bond motifs is 1. The first-order valence-corrected chi connectivity index (χ1v) is 7.31. The standard InChI is InChI=1S/C18H21NO2/c1-11-4-7-15(18(21-3)12(11)2)17-16-10-14(20)6-5-13(16)8-9-19-17/h4-7,10,17,19-20H,8-9H2,1-3H3. The Bertz CT molecular complexity index is 679. The fraction of sp³-hybridized carbons (Fsp3) is 0.333. The van der Waals surface area contributed by atoms with Crippen molar-refractivity contribution in [2.45, 2.75) is 26.3 Å². The van der Waals surface area contributed by atoms with Gasteiger partial charge < -0.3 is 15.2 Å². The quantitative estimate of drug-likeness (QED) is 0.889. The topological polar surface area (TPSA) is 41.5 Å². The van der Waals surface area contributed by atoms with E-state index in [4.69, 9.17) is 4.74 Å². The molecule has 0 aliphatic carbocycles. The van der Waals surface area contributed by atoms with Crippen molar-refractivity contribution in [1.29, 1.82) is 0 Å². The number of hydrogen-bond donors (Lipinski definition) is 2. The van der Waals surface area contributed by atoms with Gasteiger partial charge in [0.1, 0.15) is 11.5 Å². The van der Waals surface area contributed by atoms with E-state index in [9.17, 15) is 5.11 Å². The second-order valence-corrected chi connectivity index (χ2v) is 5.65. The minimum absolute atomic E-state index is 0.0649. The van der Waals surface area contributed by atoms with Crippen LogP contribution >= 0.6 is 0 Å². The summed E-state index contributed by atoms with van der Waals surface area (Å²) in [4.78, 5) is 0. The third-order valence-corrected chi connectivity index (χ3v) is 4.41. The summed E-state index contributed by atoms with van der Waals surface area (Å²) in [6.45, 7) is 5.11. The lowest BCUT2D eigenvalue weighted by atomic mass is 9.88. The summed E-state index contributed by atoms with van der Waals surface area (Å²) in [6, 6.07) is 9.96. The number of aromatic hydroxyl groups is 1. The number of phenolic OH excluding ortho intramolecular Hbond substituents is 1. The third kappa shape index (κ3) is 2.38. The number of rotatable bonds is 2. The molecule has 0 aromatic heterocycles. The second-order valence-electron chi connectivity index (χ2n) is 5.65. The van der Waals surface area contributed by atoms with Gasteiger partial charge in [-0.15, -0.1) is 0 Å². The maximum absolute atomic E-state index is 9.82. The minimum atomic E-state index is 0.0649. The van der Waals surface area contributed by atoms with Crippen LogP contribution < -0.4 is 10.1 Å². The van der Waals surface area contributed by atoms with E-state index in [2.05, 4.69) is 31.3 Å². The van der Waals surface area contributed by atoms with E-state index < -0.39 is 0 Å². The Balaban J connectivity index is 2.15. The van der Waals surface area contributed by atoms with Gasteiger partial charge in [0.25, 0.3) is 0 Å². The van der Waals surface area contributed by atoms with Crippen LogP contribution in [0.15, 0.2) is 30.3 Å². The molecule has 1 aliphatic heterocycles. The molecule has 2 aromatic rings. The first kappa shape index (κ1) is 14.0. The lowest BCUT2D eigenvalue weighted by Crippen LogP contribution is -2.31. The summed E-state index contributed by atoms with van der Waals surface area (Å²) >= 11 is 0. The zero-order valence-corrected chi connectivity index (χ0v) is 12.7. The van der Waals surface area contributed by atoms with Crippen LogP contribution in [0.3, 0.4) is 0 Å². The lowest BCUT2D eigenvalue weighted by molar-refractivity contribution is 0.398. The van der Waals surface area contributed by atoms with Crippen molar-refractivity contribution in [3.63, 3.8) is 0 Å². The van der Waals surface area contributed by atoms with Crippen LogP contribution in [-0.2, 0) is 6.42 Å². The van der Waals surface area contributed by atoms with E-state index >= 15 is 0 Å². The number of phenols is 1. The van der Waals surface area contributed by atoms with Gasteiger partial charge >= 0.3 is 0 Å². The van der Waals surface area contributed by atoms with E-state index in [0.717, 1.165) is 29.8 Å². The van der Waals surface area contributed by atoms with E-state index in [1.54, 1.807) is 13.2 Å². The molecule has 0 radical (unpaired) electrons. The van der Waals surface area contributed by atoms with Crippen molar-refractivity contribution in [3.05, 3.63) is 58.1 Å². The Morgan fingerprint density at radius 3 is 2.71 bits per heavy atom. The molecule has 1 atom stereocenters. The fourth-order valence-electron chi connectivity index (χ4n) is 3.13. The fourth-order valence-corrected chi connectivity index (χ4v) is 3.13. The summed E-state index contributed by atoms with van der Waals surface area (Å²) in [5.41, 5.74) is 5.96. The van der Waals surface area contributed by atoms with Gasteiger partial charge in [-0.3, -0.25) is 0 Å². The van der Waals surface area contributed by atoms with Crippen molar-refractivity contribution < 1.29 is 9.84 Å². The number of aryl methyl sites for hydroxylation is 1. The first-order valence-electron chi connectivity index (χ1n) is 7.31. The van der Waals surface area contributed by atoms with Gasteiger partial charge in [-0.05, 0) is 54.7 Å². The average Bonchev–Trinajstić information content (AvgIpc) is 2.49. The molecule has 0 saturated heterocycles. The molecular weight excluding hydrogens is 262 g/mol. The van der Waals surface area contributed by atoms with E-state index in [0.29, 0.717) is 5.75 Å². The molecule has 1 aliphatic rings. The van der Waals surface area contributed by atoms with Gasteiger partial charge in [-0.1, -0.05) is 18.2 Å². The molecule has 3 rings (SSSR count). The van der Waals surface area contributed by atoms with E-state index in [1.165, 1.54) is 16.7 Å². The molecule has 2 N–H and O–H groups in total. The molecule has 0 amide bonds. The average molecular weight is 283 g/mol. The molecule has 0 saturated carbocycles. The van der Waals surface area contributed by atoms with Crippen LogP contribution in [0, 0.1) is 13.8 Å². The number of nitrogens with one attached hydrogen (secondary N) is 1. The van der Waals surface area contributed by atoms with Gasteiger partial charge in [-0.2, -0.15) is 0 Å². The van der Waals surface area contributed by atoms with Gasteiger partial charge in [-0.25, -0.2) is 0 Å². The monoisotopic (exact) mass is 283 g/mol. The zero-order valence-electron chi connectivity index (χ0n) is 12.7. The Hall–Kier alpha value is -2.00. The Kier molecular flexibility index (Phi) is 3.60. The number of benzene rings is 2. The second kappa shape index (κ2) is 5.41. The molecule has 110 valence electrons. The lowest BCUT2D eigenvalue weighted by Gasteiger charge is -2.29. The largest absolute Gasteiger partial charge is 0.508 e. The summed E-state index contributed by atoms with van der Waals surface area (Å²) in [6.07, 6.45) is 0.985. The first-order chi connectivity index (χ1) is 10.1.